The van der Waals surface area contributed by atoms with Crippen LogP contribution in [0.2, 0.25) is 5.02 Å². The average molecular weight is 510 g/mol. The van der Waals surface area contributed by atoms with Crippen LogP contribution in [0.1, 0.15) is 33.8 Å². The SMILES string of the molecule is C=C(O)C1CCOc2cc(Oc3ccc(C(=O)NCCc4cc(OC)cc(OC)c4)cc3)c(Cl)cc21. The fourth-order valence-electron chi connectivity index (χ4n) is 4.05. The van der Waals surface area contributed by atoms with E-state index in [1.165, 1.54) is 0 Å². The first-order chi connectivity index (χ1) is 17.4. The number of carbonyl (C=O) groups excluding carboxylic acids is 1. The van der Waals surface area contributed by atoms with E-state index in [1.54, 1.807) is 56.7 Å². The van der Waals surface area contributed by atoms with Gasteiger partial charge in [-0.25, -0.2) is 0 Å². The summed E-state index contributed by atoms with van der Waals surface area (Å²) in [6.07, 6.45) is 1.26. The highest BCUT2D eigenvalue weighted by Gasteiger charge is 2.26. The van der Waals surface area contributed by atoms with Crippen molar-refractivity contribution in [1.82, 2.24) is 5.32 Å². The van der Waals surface area contributed by atoms with Crippen LogP contribution in [-0.2, 0) is 6.42 Å². The molecule has 7 nitrogen and oxygen atoms in total. The number of hydrogen-bond donors (Lipinski definition) is 2. The molecule has 0 radical (unpaired) electrons. The Hall–Kier alpha value is -3.84. The van der Waals surface area contributed by atoms with Crippen LogP contribution in [0.25, 0.3) is 0 Å². The zero-order valence-electron chi connectivity index (χ0n) is 20.2. The van der Waals surface area contributed by atoms with Gasteiger partial charge in [0.05, 0.1) is 31.6 Å². The molecule has 8 heteroatoms. The predicted molar refractivity (Wildman–Crippen MR) is 138 cm³/mol. The lowest BCUT2D eigenvalue weighted by molar-refractivity contribution is 0.0954. The summed E-state index contributed by atoms with van der Waals surface area (Å²) >= 11 is 6.44. The summed E-state index contributed by atoms with van der Waals surface area (Å²) in [7, 11) is 3.20. The lowest BCUT2D eigenvalue weighted by atomic mass is 9.92. The van der Waals surface area contributed by atoms with Crippen LogP contribution >= 0.6 is 11.6 Å². The van der Waals surface area contributed by atoms with Gasteiger partial charge >= 0.3 is 0 Å². The van der Waals surface area contributed by atoms with Gasteiger partial charge in [0.1, 0.15) is 28.7 Å². The van der Waals surface area contributed by atoms with E-state index in [1.807, 2.05) is 12.1 Å². The Morgan fingerprint density at radius 2 is 1.78 bits per heavy atom. The van der Waals surface area contributed by atoms with Gasteiger partial charge in [0.15, 0.2) is 0 Å². The Morgan fingerprint density at radius 3 is 2.42 bits per heavy atom. The van der Waals surface area contributed by atoms with Crippen LogP contribution in [0.15, 0.2) is 66.9 Å². The van der Waals surface area contributed by atoms with Crippen molar-refractivity contribution in [2.24, 2.45) is 0 Å². The first kappa shape index (κ1) is 25.3. The smallest absolute Gasteiger partial charge is 0.251 e. The van der Waals surface area contributed by atoms with Crippen LogP contribution in [0.4, 0.5) is 0 Å². The zero-order valence-corrected chi connectivity index (χ0v) is 20.9. The third-order valence-corrected chi connectivity index (χ3v) is 6.26. The summed E-state index contributed by atoms with van der Waals surface area (Å²) in [6, 6.07) is 15.9. The minimum absolute atomic E-state index is 0.0846. The number of aliphatic hydroxyl groups is 1. The number of aliphatic hydroxyl groups excluding tert-OH is 1. The van der Waals surface area contributed by atoms with Gasteiger partial charge in [-0.05, 0) is 60.9 Å². The van der Waals surface area contributed by atoms with Crippen molar-refractivity contribution >= 4 is 17.5 Å². The first-order valence-electron chi connectivity index (χ1n) is 11.5. The highest BCUT2D eigenvalue weighted by Crippen LogP contribution is 2.43. The Labute approximate surface area is 215 Å². The second-order valence-electron chi connectivity index (χ2n) is 8.35. The zero-order chi connectivity index (χ0) is 25.7. The number of amides is 1. The summed E-state index contributed by atoms with van der Waals surface area (Å²) in [5.74, 6) is 2.63. The number of ether oxygens (including phenoxy) is 4. The number of allylic oxidation sites excluding steroid dienone is 1. The number of methoxy groups -OCH3 is 2. The maximum absolute atomic E-state index is 12.6. The molecule has 0 saturated carbocycles. The fraction of sp³-hybridized carbons (Fsp3) is 0.250. The molecule has 1 heterocycles. The summed E-state index contributed by atoms with van der Waals surface area (Å²) in [4.78, 5) is 12.6. The van der Waals surface area contributed by atoms with Crippen molar-refractivity contribution in [2.45, 2.75) is 18.8 Å². The van der Waals surface area contributed by atoms with Gasteiger partial charge in [0.25, 0.3) is 5.91 Å². The monoisotopic (exact) mass is 509 g/mol. The van der Waals surface area contributed by atoms with Gasteiger partial charge < -0.3 is 29.4 Å². The highest BCUT2D eigenvalue weighted by atomic mass is 35.5. The molecule has 1 aliphatic rings. The molecule has 1 aliphatic heterocycles. The highest BCUT2D eigenvalue weighted by molar-refractivity contribution is 6.32. The average Bonchev–Trinajstić information content (AvgIpc) is 2.88. The molecule has 3 aromatic carbocycles. The number of hydrogen-bond acceptors (Lipinski definition) is 6. The number of rotatable bonds is 9. The largest absolute Gasteiger partial charge is 0.512 e. The summed E-state index contributed by atoms with van der Waals surface area (Å²) in [5, 5.41) is 13.2. The van der Waals surface area contributed by atoms with E-state index in [4.69, 9.17) is 30.5 Å². The van der Waals surface area contributed by atoms with Crippen LogP contribution < -0.4 is 24.3 Å². The molecule has 188 valence electrons. The minimum Gasteiger partial charge on any atom is -0.512 e. The molecule has 1 atom stereocenters. The standard InChI is InChI=1S/C28H28ClNO6/c1-17(31)23-9-11-35-26-16-27(25(29)15-24(23)26)36-20-6-4-19(5-7-20)28(32)30-10-8-18-12-21(33-2)14-22(13-18)34-3/h4-7,12-16,23,31H,1,8-11H2,2-3H3,(H,30,32). The van der Waals surface area contributed by atoms with Crippen molar-refractivity contribution < 1.29 is 28.8 Å². The topological polar surface area (TPSA) is 86.2 Å². The molecule has 0 aromatic heterocycles. The number of nitrogens with one attached hydrogen (secondary N) is 1. The number of carbonyl (C=O) groups is 1. The molecular formula is C28H28ClNO6. The van der Waals surface area contributed by atoms with E-state index in [-0.39, 0.29) is 17.6 Å². The molecule has 1 unspecified atom stereocenters. The molecule has 1 amide bonds. The third kappa shape index (κ3) is 5.86. The van der Waals surface area contributed by atoms with E-state index in [0.717, 1.165) is 11.1 Å². The second kappa shape index (κ2) is 11.3. The van der Waals surface area contributed by atoms with E-state index >= 15 is 0 Å². The van der Waals surface area contributed by atoms with Gasteiger partial charge in [-0.3, -0.25) is 4.79 Å². The van der Waals surface area contributed by atoms with Gasteiger partial charge in [0, 0.05) is 35.7 Å². The van der Waals surface area contributed by atoms with Gasteiger partial charge in [0.2, 0.25) is 0 Å². The Balaban J connectivity index is 1.37. The molecule has 0 fully saturated rings. The molecule has 0 spiro atoms. The maximum Gasteiger partial charge on any atom is 0.251 e. The number of fused-ring (bicyclic) bond motifs is 1. The fourth-order valence-corrected chi connectivity index (χ4v) is 4.26. The first-order valence-corrected chi connectivity index (χ1v) is 11.9. The summed E-state index contributed by atoms with van der Waals surface area (Å²) in [5.41, 5.74) is 2.29. The van der Waals surface area contributed by atoms with Crippen LogP contribution in [-0.4, -0.2) is 38.4 Å². The predicted octanol–water partition coefficient (Wildman–Crippen LogP) is 6.06. The van der Waals surface area contributed by atoms with Gasteiger partial charge in [-0.2, -0.15) is 0 Å². The lowest BCUT2D eigenvalue weighted by Crippen LogP contribution is -2.25. The molecule has 3 aromatic rings. The third-order valence-electron chi connectivity index (χ3n) is 5.96. The Bertz CT molecular complexity index is 1240. The van der Waals surface area contributed by atoms with Crippen LogP contribution in [0, 0.1) is 0 Å². The normalized spacial score (nSPS) is 14.2. The molecular weight excluding hydrogens is 482 g/mol. The van der Waals surface area contributed by atoms with Gasteiger partial charge in [-0.15, -0.1) is 0 Å². The molecule has 0 bridgehead atoms. The summed E-state index contributed by atoms with van der Waals surface area (Å²) in [6.45, 7) is 4.57. The number of halogens is 1. The minimum atomic E-state index is -0.218. The Kier molecular flexibility index (Phi) is 7.90. The molecule has 36 heavy (non-hydrogen) atoms. The van der Waals surface area contributed by atoms with E-state index in [0.29, 0.717) is 65.3 Å². The van der Waals surface area contributed by atoms with Gasteiger partial charge in [-0.1, -0.05) is 18.2 Å². The molecule has 2 N–H and O–H groups in total. The van der Waals surface area contributed by atoms with Crippen molar-refractivity contribution in [3.8, 4) is 28.7 Å². The molecule has 0 aliphatic carbocycles. The quantitative estimate of drug-likeness (QED) is 0.341. The molecule has 4 rings (SSSR count). The molecule has 0 saturated heterocycles. The van der Waals surface area contributed by atoms with Crippen molar-refractivity contribution in [1.29, 1.82) is 0 Å². The van der Waals surface area contributed by atoms with Crippen LogP contribution in [0.3, 0.4) is 0 Å². The van der Waals surface area contributed by atoms with Crippen LogP contribution in [0.5, 0.6) is 28.7 Å². The number of benzene rings is 3. The summed E-state index contributed by atoms with van der Waals surface area (Å²) < 4.78 is 22.2. The van der Waals surface area contributed by atoms with E-state index in [2.05, 4.69) is 11.9 Å². The Morgan fingerprint density at radius 1 is 1.08 bits per heavy atom. The second-order valence-corrected chi connectivity index (χ2v) is 8.76. The van der Waals surface area contributed by atoms with Crippen molar-refractivity contribution in [3.05, 3.63) is 88.6 Å². The van der Waals surface area contributed by atoms with E-state index in [9.17, 15) is 9.90 Å². The van der Waals surface area contributed by atoms with Crippen molar-refractivity contribution in [2.75, 3.05) is 27.4 Å². The lowest BCUT2D eigenvalue weighted by Gasteiger charge is -2.26. The van der Waals surface area contributed by atoms with Crippen molar-refractivity contribution in [3.63, 3.8) is 0 Å². The van der Waals surface area contributed by atoms with E-state index < -0.39 is 0 Å². The maximum atomic E-state index is 12.6.